The second-order valence-corrected chi connectivity index (χ2v) is 5.88. The molecule has 0 radical (unpaired) electrons. The van der Waals surface area contributed by atoms with Gasteiger partial charge in [-0.2, -0.15) is 5.26 Å². The molecule has 2 nitrogen and oxygen atoms in total. The van der Waals surface area contributed by atoms with E-state index in [4.69, 9.17) is 5.26 Å². The van der Waals surface area contributed by atoms with Gasteiger partial charge in [0.05, 0.1) is 0 Å². The smallest absolute Gasteiger partial charge is 0.110 e. The van der Waals surface area contributed by atoms with Gasteiger partial charge < -0.3 is 5.32 Å². The largest absolute Gasteiger partial charge is 0.309 e. The summed E-state index contributed by atoms with van der Waals surface area (Å²) in [6, 6.07) is 6.83. The summed E-state index contributed by atoms with van der Waals surface area (Å²) in [6.45, 7) is 3.26. The molecule has 1 aliphatic rings. The fraction of sp³-hybridized carbons (Fsp3) is 0.615. The van der Waals surface area contributed by atoms with Gasteiger partial charge in [-0.3, -0.25) is 0 Å². The van der Waals surface area contributed by atoms with Gasteiger partial charge in [0, 0.05) is 17.5 Å². The average molecular weight is 234 g/mol. The predicted molar refractivity (Wildman–Crippen MR) is 67.3 cm³/mol. The van der Waals surface area contributed by atoms with Crippen molar-refractivity contribution in [1.29, 1.82) is 5.26 Å². The van der Waals surface area contributed by atoms with Crippen LogP contribution in [0.5, 0.6) is 0 Å². The minimum atomic E-state index is 0.684. The molecular formula is C13H18N2S. The first kappa shape index (κ1) is 11.6. The van der Waals surface area contributed by atoms with E-state index >= 15 is 0 Å². The Hall–Kier alpha value is -0.850. The molecule has 1 fully saturated rings. The molecule has 0 aliphatic heterocycles. The number of thiophene rings is 1. The maximum Gasteiger partial charge on any atom is 0.110 e. The summed E-state index contributed by atoms with van der Waals surface area (Å²) in [5.74, 6) is 0.907. The quantitative estimate of drug-likeness (QED) is 0.871. The van der Waals surface area contributed by atoms with Gasteiger partial charge in [0.25, 0.3) is 0 Å². The van der Waals surface area contributed by atoms with Crippen molar-refractivity contribution in [3.05, 3.63) is 21.9 Å². The van der Waals surface area contributed by atoms with E-state index in [0.29, 0.717) is 6.04 Å². The Morgan fingerprint density at radius 1 is 1.38 bits per heavy atom. The van der Waals surface area contributed by atoms with Crippen LogP contribution in [0.1, 0.15) is 42.4 Å². The summed E-state index contributed by atoms with van der Waals surface area (Å²) >= 11 is 1.60. The topological polar surface area (TPSA) is 35.8 Å². The second-order valence-electron chi connectivity index (χ2n) is 4.72. The Labute approximate surface area is 101 Å². The van der Waals surface area contributed by atoms with Crippen molar-refractivity contribution in [3.63, 3.8) is 0 Å². The van der Waals surface area contributed by atoms with E-state index in [-0.39, 0.29) is 0 Å². The summed E-state index contributed by atoms with van der Waals surface area (Å²) in [4.78, 5) is 2.09. The molecule has 1 aromatic heterocycles. The van der Waals surface area contributed by atoms with Crippen LogP contribution in [0.3, 0.4) is 0 Å². The third-order valence-corrected chi connectivity index (χ3v) is 4.34. The molecule has 0 spiro atoms. The molecule has 1 aliphatic carbocycles. The molecule has 0 atom stereocenters. The number of hydrogen-bond acceptors (Lipinski definition) is 3. The Morgan fingerprint density at radius 3 is 2.75 bits per heavy atom. The number of nitrogens with zero attached hydrogens (tertiary/aromatic N) is 1. The SMILES string of the molecule is CC1CCC(NCc2ccc(C#N)s2)CC1. The van der Waals surface area contributed by atoms with Crippen LogP contribution in [-0.4, -0.2) is 6.04 Å². The number of rotatable bonds is 3. The zero-order valence-electron chi connectivity index (χ0n) is 9.70. The van der Waals surface area contributed by atoms with E-state index in [2.05, 4.69) is 24.4 Å². The van der Waals surface area contributed by atoms with E-state index in [1.54, 1.807) is 11.3 Å². The summed E-state index contributed by atoms with van der Waals surface area (Å²) < 4.78 is 0. The minimum Gasteiger partial charge on any atom is -0.309 e. The fourth-order valence-electron chi connectivity index (χ4n) is 2.24. The van der Waals surface area contributed by atoms with Crippen molar-refractivity contribution in [2.45, 2.75) is 45.2 Å². The van der Waals surface area contributed by atoms with E-state index in [1.807, 2.05) is 6.07 Å². The summed E-state index contributed by atoms with van der Waals surface area (Å²) in [5.41, 5.74) is 0. The van der Waals surface area contributed by atoms with Crippen LogP contribution in [0, 0.1) is 17.2 Å². The van der Waals surface area contributed by atoms with Crippen molar-refractivity contribution in [2.75, 3.05) is 0 Å². The first-order valence-electron chi connectivity index (χ1n) is 6.00. The predicted octanol–water partition coefficient (Wildman–Crippen LogP) is 3.29. The summed E-state index contributed by atoms with van der Waals surface area (Å²) in [6.07, 6.45) is 5.31. The molecule has 1 saturated carbocycles. The highest BCUT2D eigenvalue weighted by atomic mass is 32.1. The minimum absolute atomic E-state index is 0.684. The zero-order valence-corrected chi connectivity index (χ0v) is 10.5. The van der Waals surface area contributed by atoms with E-state index < -0.39 is 0 Å². The Bertz CT molecular complexity index is 370. The van der Waals surface area contributed by atoms with Crippen LogP contribution in [0.2, 0.25) is 0 Å². The lowest BCUT2D eigenvalue weighted by Crippen LogP contribution is -2.31. The first-order chi connectivity index (χ1) is 7.78. The molecule has 0 aromatic carbocycles. The normalized spacial score (nSPS) is 25.2. The lowest BCUT2D eigenvalue weighted by atomic mass is 9.87. The average Bonchev–Trinajstić information content (AvgIpc) is 2.76. The van der Waals surface area contributed by atoms with Gasteiger partial charge >= 0.3 is 0 Å². The summed E-state index contributed by atoms with van der Waals surface area (Å²) in [5, 5.41) is 12.3. The van der Waals surface area contributed by atoms with Crippen molar-refractivity contribution >= 4 is 11.3 Å². The van der Waals surface area contributed by atoms with Crippen molar-refractivity contribution in [3.8, 4) is 6.07 Å². The molecular weight excluding hydrogens is 216 g/mol. The highest BCUT2D eigenvalue weighted by Gasteiger charge is 2.17. The Morgan fingerprint density at radius 2 is 2.12 bits per heavy atom. The van der Waals surface area contributed by atoms with Crippen molar-refractivity contribution in [1.82, 2.24) is 5.32 Å². The van der Waals surface area contributed by atoms with Crippen LogP contribution in [0.25, 0.3) is 0 Å². The molecule has 0 bridgehead atoms. The van der Waals surface area contributed by atoms with Gasteiger partial charge in [0.1, 0.15) is 10.9 Å². The third kappa shape index (κ3) is 3.07. The van der Waals surface area contributed by atoms with Gasteiger partial charge in [-0.25, -0.2) is 0 Å². The van der Waals surface area contributed by atoms with Gasteiger partial charge in [-0.05, 0) is 43.7 Å². The van der Waals surface area contributed by atoms with E-state index in [0.717, 1.165) is 17.3 Å². The number of hydrogen-bond donors (Lipinski definition) is 1. The van der Waals surface area contributed by atoms with E-state index in [9.17, 15) is 0 Å². The first-order valence-corrected chi connectivity index (χ1v) is 6.82. The van der Waals surface area contributed by atoms with Crippen LogP contribution in [-0.2, 0) is 6.54 Å². The fourth-order valence-corrected chi connectivity index (χ4v) is 3.00. The highest BCUT2D eigenvalue weighted by molar-refractivity contribution is 7.12. The summed E-state index contributed by atoms with van der Waals surface area (Å²) in [7, 11) is 0. The lowest BCUT2D eigenvalue weighted by molar-refractivity contribution is 0.307. The zero-order chi connectivity index (χ0) is 11.4. The lowest BCUT2D eigenvalue weighted by Gasteiger charge is -2.26. The molecule has 1 aromatic rings. The molecule has 3 heteroatoms. The number of nitriles is 1. The van der Waals surface area contributed by atoms with E-state index in [1.165, 1.54) is 30.6 Å². The maximum absolute atomic E-state index is 8.74. The van der Waals surface area contributed by atoms with Crippen molar-refractivity contribution < 1.29 is 0 Å². The molecule has 0 unspecified atom stereocenters. The van der Waals surface area contributed by atoms with Crippen LogP contribution < -0.4 is 5.32 Å². The van der Waals surface area contributed by atoms with Crippen LogP contribution in [0.4, 0.5) is 0 Å². The van der Waals surface area contributed by atoms with Crippen LogP contribution in [0.15, 0.2) is 12.1 Å². The molecule has 16 heavy (non-hydrogen) atoms. The number of nitrogens with one attached hydrogen (secondary N) is 1. The van der Waals surface area contributed by atoms with Gasteiger partial charge in [-0.15, -0.1) is 11.3 Å². The van der Waals surface area contributed by atoms with Crippen molar-refractivity contribution in [2.24, 2.45) is 5.92 Å². The molecule has 86 valence electrons. The van der Waals surface area contributed by atoms with Gasteiger partial charge in [-0.1, -0.05) is 6.92 Å². The van der Waals surface area contributed by atoms with Gasteiger partial charge in [0.2, 0.25) is 0 Å². The Kier molecular flexibility index (Phi) is 3.98. The van der Waals surface area contributed by atoms with Gasteiger partial charge in [0.15, 0.2) is 0 Å². The maximum atomic E-state index is 8.74. The molecule has 0 amide bonds. The molecule has 1 heterocycles. The molecule has 1 N–H and O–H groups in total. The monoisotopic (exact) mass is 234 g/mol. The highest BCUT2D eigenvalue weighted by Crippen LogP contribution is 2.24. The molecule has 2 rings (SSSR count). The molecule has 0 saturated heterocycles. The van der Waals surface area contributed by atoms with Crippen LogP contribution >= 0.6 is 11.3 Å². The Balaban J connectivity index is 1.77. The second kappa shape index (κ2) is 5.47. The third-order valence-electron chi connectivity index (χ3n) is 3.35. The standard InChI is InChI=1S/C13H18N2S/c1-10-2-4-11(5-3-10)15-9-13-7-6-12(8-14)16-13/h6-7,10-11,15H,2-5,9H2,1H3.